The molecule has 0 N–H and O–H groups in total. The lowest BCUT2D eigenvalue weighted by atomic mass is 10.6. The lowest BCUT2D eigenvalue weighted by Crippen LogP contribution is -2.21. The fourth-order valence-corrected chi connectivity index (χ4v) is 2.25. The monoisotopic (exact) mass is 270 g/mol. The van der Waals surface area contributed by atoms with Crippen molar-refractivity contribution in [2.24, 2.45) is 0 Å². The van der Waals surface area contributed by atoms with Crippen LogP contribution >= 0.6 is 0 Å². The Morgan fingerprint density at radius 3 is 2.67 bits per heavy atom. The second-order valence-electron chi connectivity index (χ2n) is 4.03. The fourth-order valence-electron chi connectivity index (χ4n) is 1.39. The van der Waals surface area contributed by atoms with Crippen LogP contribution in [-0.2, 0) is 16.6 Å². The minimum atomic E-state index is -3.44. The predicted molar refractivity (Wildman–Crippen MR) is 63.4 cm³/mol. The Labute approximate surface area is 105 Å². The summed E-state index contributed by atoms with van der Waals surface area (Å²) in [5, 5.41) is 3.98. The Hall–Kier alpha value is -1.67. The Morgan fingerprint density at radius 1 is 1.39 bits per heavy atom. The third-order valence-corrected chi connectivity index (χ3v) is 4.12. The smallest absolute Gasteiger partial charge is 0.245 e. The van der Waals surface area contributed by atoms with Crippen LogP contribution in [-0.4, -0.2) is 41.6 Å². The summed E-state index contributed by atoms with van der Waals surface area (Å²) in [4.78, 5) is 4.18. The molecule has 0 aromatic carbocycles. The van der Waals surface area contributed by atoms with Gasteiger partial charge in [0.25, 0.3) is 0 Å². The minimum Gasteiger partial charge on any atom is -0.444 e. The first-order valence-electron chi connectivity index (χ1n) is 5.26. The topological polar surface area (TPSA) is 81.2 Å². The van der Waals surface area contributed by atoms with E-state index in [1.807, 2.05) is 0 Å². The highest BCUT2D eigenvalue weighted by molar-refractivity contribution is 7.89. The Morgan fingerprint density at radius 2 is 2.11 bits per heavy atom. The van der Waals surface area contributed by atoms with Gasteiger partial charge in [0.15, 0.2) is 0 Å². The largest absolute Gasteiger partial charge is 0.444 e. The van der Waals surface area contributed by atoms with Gasteiger partial charge in [-0.25, -0.2) is 17.7 Å². The summed E-state index contributed by atoms with van der Waals surface area (Å²) in [7, 11) is -0.492. The van der Waals surface area contributed by atoms with Crippen LogP contribution in [0, 0.1) is 6.92 Å². The summed E-state index contributed by atoms with van der Waals surface area (Å²) in [5.74, 6) is 1.20. The van der Waals surface area contributed by atoms with Crippen LogP contribution in [0.25, 0.3) is 0 Å². The third-order valence-electron chi connectivity index (χ3n) is 2.35. The van der Waals surface area contributed by atoms with Gasteiger partial charge in [-0.3, -0.25) is 4.68 Å². The average Bonchev–Trinajstić information content (AvgIpc) is 2.88. The average molecular weight is 270 g/mol. The molecule has 0 bridgehead atoms. The molecule has 0 unspecified atom stereocenters. The van der Waals surface area contributed by atoms with Gasteiger partial charge in [-0.05, 0) is 6.92 Å². The number of sulfonamides is 1. The van der Waals surface area contributed by atoms with Gasteiger partial charge in [0.05, 0.1) is 12.4 Å². The molecule has 0 spiro atoms. The number of aryl methyl sites for hydroxylation is 1. The number of hydrogen-bond acceptors (Lipinski definition) is 5. The predicted octanol–water partition coefficient (Wildman–Crippen LogP) is 0.478. The van der Waals surface area contributed by atoms with Crippen molar-refractivity contribution in [2.75, 3.05) is 14.1 Å². The standard InChI is InChI=1S/C10H14N4O3S/c1-8-4-11-10(17-8)7-14-6-9(5-12-14)18(15,16)13(2)3/h4-6H,7H2,1-3H3. The molecule has 2 aromatic heterocycles. The molecule has 2 heterocycles. The van der Waals surface area contributed by atoms with Gasteiger partial charge in [0, 0.05) is 20.3 Å². The summed E-state index contributed by atoms with van der Waals surface area (Å²) in [5.41, 5.74) is 0. The molecule has 0 atom stereocenters. The molecule has 0 aliphatic carbocycles. The van der Waals surface area contributed by atoms with Crippen LogP contribution in [0.1, 0.15) is 11.7 Å². The van der Waals surface area contributed by atoms with Crippen molar-refractivity contribution in [3.8, 4) is 0 Å². The summed E-state index contributed by atoms with van der Waals surface area (Å²) in [6.07, 6.45) is 4.37. The SMILES string of the molecule is Cc1cnc(Cn2cc(S(=O)(=O)N(C)C)cn2)o1. The molecular weight excluding hydrogens is 256 g/mol. The van der Waals surface area contributed by atoms with Crippen LogP contribution in [0.5, 0.6) is 0 Å². The first kappa shape index (κ1) is 12.8. The molecule has 2 aromatic rings. The van der Waals surface area contributed by atoms with E-state index in [1.54, 1.807) is 13.1 Å². The van der Waals surface area contributed by atoms with Gasteiger partial charge in [-0.15, -0.1) is 0 Å². The highest BCUT2D eigenvalue weighted by atomic mass is 32.2. The maximum atomic E-state index is 11.8. The number of aromatic nitrogens is 3. The van der Waals surface area contributed by atoms with Crippen LogP contribution in [0.15, 0.2) is 27.9 Å². The first-order valence-corrected chi connectivity index (χ1v) is 6.70. The Bertz CT molecular complexity index is 642. The van der Waals surface area contributed by atoms with E-state index in [1.165, 1.54) is 31.2 Å². The van der Waals surface area contributed by atoms with E-state index < -0.39 is 10.0 Å². The molecule has 0 fully saturated rings. The zero-order valence-electron chi connectivity index (χ0n) is 10.4. The lowest BCUT2D eigenvalue weighted by molar-refractivity contribution is 0.446. The van der Waals surface area contributed by atoms with E-state index >= 15 is 0 Å². The van der Waals surface area contributed by atoms with Crippen molar-refractivity contribution in [2.45, 2.75) is 18.4 Å². The molecule has 0 aliphatic rings. The molecular formula is C10H14N4O3S. The fraction of sp³-hybridized carbons (Fsp3) is 0.400. The van der Waals surface area contributed by atoms with E-state index in [0.29, 0.717) is 18.2 Å². The Kier molecular flexibility index (Phi) is 3.22. The third kappa shape index (κ3) is 2.44. The van der Waals surface area contributed by atoms with Crippen molar-refractivity contribution in [1.29, 1.82) is 0 Å². The zero-order chi connectivity index (χ0) is 13.3. The van der Waals surface area contributed by atoms with E-state index in [4.69, 9.17) is 4.42 Å². The van der Waals surface area contributed by atoms with Crippen LogP contribution in [0.2, 0.25) is 0 Å². The molecule has 98 valence electrons. The molecule has 0 amide bonds. The summed E-state index contributed by atoms with van der Waals surface area (Å²) in [6, 6.07) is 0. The van der Waals surface area contributed by atoms with E-state index in [2.05, 4.69) is 10.1 Å². The molecule has 7 nitrogen and oxygen atoms in total. The van der Waals surface area contributed by atoms with Gasteiger partial charge >= 0.3 is 0 Å². The number of hydrogen-bond donors (Lipinski definition) is 0. The molecule has 8 heteroatoms. The van der Waals surface area contributed by atoms with Gasteiger partial charge in [0.1, 0.15) is 17.2 Å². The minimum absolute atomic E-state index is 0.149. The van der Waals surface area contributed by atoms with Crippen molar-refractivity contribution < 1.29 is 12.8 Å². The highest BCUT2D eigenvalue weighted by Gasteiger charge is 2.19. The van der Waals surface area contributed by atoms with E-state index in [9.17, 15) is 8.42 Å². The van der Waals surface area contributed by atoms with E-state index in [0.717, 1.165) is 4.31 Å². The maximum absolute atomic E-state index is 11.8. The molecule has 0 aliphatic heterocycles. The van der Waals surface area contributed by atoms with Crippen LogP contribution in [0.3, 0.4) is 0 Å². The number of oxazole rings is 1. The summed E-state index contributed by atoms with van der Waals surface area (Å²) in [6.45, 7) is 2.10. The van der Waals surface area contributed by atoms with Crippen LogP contribution < -0.4 is 0 Å². The number of nitrogens with zero attached hydrogens (tertiary/aromatic N) is 4. The van der Waals surface area contributed by atoms with Gasteiger partial charge < -0.3 is 4.42 Å². The van der Waals surface area contributed by atoms with Crippen molar-refractivity contribution in [3.63, 3.8) is 0 Å². The molecule has 18 heavy (non-hydrogen) atoms. The molecule has 0 radical (unpaired) electrons. The Balaban J connectivity index is 2.21. The molecule has 2 rings (SSSR count). The van der Waals surface area contributed by atoms with Gasteiger partial charge in [-0.1, -0.05) is 0 Å². The van der Waals surface area contributed by atoms with Crippen molar-refractivity contribution >= 4 is 10.0 Å². The molecule has 0 saturated heterocycles. The lowest BCUT2D eigenvalue weighted by Gasteiger charge is -2.08. The quantitative estimate of drug-likeness (QED) is 0.807. The highest BCUT2D eigenvalue weighted by Crippen LogP contribution is 2.12. The first-order chi connectivity index (χ1) is 8.39. The van der Waals surface area contributed by atoms with Gasteiger partial charge in [0.2, 0.25) is 15.9 Å². The van der Waals surface area contributed by atoms with Crippen LogP contribution in [0.4, 0.5) is 0 Å². The maximum Gasteiger partial charge on any atom is 0.245 e. The second-order valence-corrected chi connectivity index (χ2v) is 6.18. The van der Waals surface area contributed by atoms with E-state index in [-0.39, 0.29) is 4.90 Å². The van der Waals surface area contributed by atoms with Crippen molar-refractivity contribution in [3.05, 3.63) is 30.2 Å². The number of rotatable bonds is 4. The second kappa shape index (κ2) is 4.54. The summed E-state index contributed by atoms with van der Waals surface area (Å²) >= 11 is 0. The summed E-state index contributed by atoms with van der Waals surface area (Å²) < 4.78 is 31.6. The zero-order valence-corrected chi connectivity index (χ0v) is 11.2. The van der Waals surface area contributed by atoms with Crippen molar-refractivity contribution in [1.82, 2.24) is 19.1 Å². The molecule has 0 saturated carbocycles. The normalized spacial score (nSPS) is 12.2. The van der Waals surface area contributed by atoms with Gasteiger partial charge in [-0.2, -0.15) is 5.10 Å².